The van der Waals surface area contributed by atoms with Crippen molar-refractivity contribution in [2.45, 2.75) is 32.2 Å². The summed E-state index contributed by atoms with van der Waals surface area (Å²) in [4.78, 5) is 31.0. The summed E-state index contributed by atoms with van der Waals surface area (Å²) >= 11 is 0. The van der Waals surface area contributed by atoms with Crippen LogP contribution < -0.4 is 0 Å². The molecule has 0 radical (unpaired) electrons. The van der Waals surface area contributed by atoms with E-state index < -0.39 is 17.7 Å². The lowest BCUT2D eigenvalue weighted by Gasteiger charge is -2.26. The van der Waals surface area contributed by atoms with Crippen molar-refractivity contribution in [3.8, 4) is 0 Å². The first-order chi connectivity index (χ1) is 13.8. The highest BCUT2D eigenvalue weighted by Crippen LogP contribution is 2.39. The fraction of sp³-hybridized carbons (Fsp3) is 0.348. The van der Waals surface area contributed by atoms with Crippen molar-refractivity contribution >= 4 is 17.4 Å². The molecule has 2 aromatic rings. The molecule has 6 nitrogen and oxygen atoms in total. The van der Waals surface area contributed by atoms with Gasteiger partial charge in [0, 0.05) is 31.6 Å². The lowest BCUT2D eigenvalue weighted by molar-refractivity contribution is -0.140. The molecular weight excluding hydrogens is 368 g/mol. The number of benzene rings is 1. The summed E-state index contributed by atoms with van der Waals surface area (Å²) in [5.74, 6) is -1.53. The van der Waals surface area contributed by atoms with Crippen LogP contribution in [0.25, 0.3) is 5.76 Å². The maximum Gasteiger partial charge on any atom is 0.295 e. The van der Waals surface area contributed by atoms with Crippen molar-refractivity contribution in [1.82, 2.24) is 9.88 Å². The van der Waals surface area contributed by atoms with Gasteiger partial charge in [-0.2, -0.15) is 0 Å². The van der Waals surface area contributed by atoms with E-state index in [0.717, 1.165) is 11.1 Å². The van der Waals surface area contributed by atoms with E-state index in [-0.39, 0.29) is 23.3 Å². The first kappa shape index (κ1) is 20.7. The van der Waals surface area contributed by atoms with E-state index in [1.807, 2.05) is 24.3 Å². The second kappa shape index (κ2) is 8.17. The molecular formula is C23H26N2O4. The lowest BCUT2D eigenvalue weighted by atomic mass is 9.85. The van der Waals surface area contributed by atoms with Crippen LogP contribution in [0.2, 0.25) is 0 Å². The summed E-state index contributed by atoms with van der Waals surface area (Å²) in [6, 6.07) is 10.4. The van der Waals surface area contributed by atoms with Gasteiger partial charge in [-0.25, -0.2) is 0 Å². The highest BCUT2D eigenvalue weighted by molar-refractivity contribution is 6.46. The van der Waals surface area contributed by atoms with Gasteiger partial charge in [0.05, 0.1) is 18.2 Å². The molecule has 1 aromatic heterocycles. The first-order valence-electron chi connectivity index (χ1n) is 9.54. The van der Waals surface area contributed by atoms with Crippen molar-refractivity contribution in [2.24, 2.45) is 0 Å². The van der Waals surface area contributed by atoms with Crippen LogP contribution >= 0.6 is 0 Å². The number of hydrogen-bond donors (Lipinski definition) is 1. The Morgan fingerprint density at radius 1 is 1.10 bits per heavy atom. The predicted molar refractivity (Wildman–Crippen MR) is 110 cm³/mol. The second-order valence-corrected chi connectivity index (χ2v) is 8.09. The SMILES string of the molecule is COCCN1C(=O)C(=O)/C(=C(\O)c2ccncc2)C1c1ccc(C(C)(C)C)cc1. The number of rotatable bonds is 5. The summed E-state index contributed by atoms with van der Waals surface area (Å²) in [6.07, 6.45) is 3.06. The highest BCUT2D eigenvalue weighted by Gasteiger charge is 2.45. The number of aliphatic hydroxyl groups excluding tert-OH is 1. The zero-order chi connectivity index (χ0) is 21.2. The summed E-state index contributed by atoms with van der Waals surface area (Å²) in [7, 11) is 1.54. The van der Waals surface area contributed by atoms with Crippen LogP contribution in [0, 0.1) is 0 Å². The van der Waals surface area contributed by atoms with Crippen LogP contribution in [0.1, 0.15) is 43.5 Å². The number of pyridine rings is 1. The zero-order valence-electron chi connectivity index (χ0n) is 17.2. The molecule has 1 fully saturated rings. The normalized spacial score (nSPS) is 19.0. The molecule has 29 heavy (non-hydrogen) atoms. The van der Waals surface area contributed by atoms with Crippen molar-refractivity contribution < 1.29 is 19.4 Å². The number of carbonyl (C=O) groups excluding carboxylic acids is 2. The maximum absolute atomic E-state index is 12.8. The smallest absolute Gasteiger partial charge is 0.295 e. The Labute approximate surface area is 170 Å². The average Bonchev–Trinajstić information content (AvgIpc) is 2.96. The predicted octanol–water partition coefficient (Wildman–Crippen LogP) is 3.45. The molecule has 1 saturated heterocycles. The van der Waals surface area contributed by atoms with Gasteiger partial charge in [-0.3, -0.25) is 14.6 Å². The van der Waals surface area contributed by atoms with Crippen LogP contribution in [0.5, 0.6) is 0 Å². The fourth-order valence-corrected chi connectivity index (χ4v) is 3.48. The van der Waals surface area contributed by atoms with Crippen molar-refractivity contribution in [3.63, 3.8) is 0 Å². The van der Waals surface area contributed by atoms with Crippen LogP contribution in [-0.2, 0) is 19.7 Å². The molecule has 0 aliphatic carbocycles. The summed E-state index contributed by atoms with van der Waals surface area (Å²) in [5.41, 5.74) is 2.42. The minimum absolute atomic E-state index is 0.0204. The van der Waals surface area contributed by atoms with Crippen LogP contribution in [0.15, 0.2) is 54.4 Å². The van der Waals surface area contributed by atoms with E-state index in [0.29, 0.717) is 12.2 Å². The van der Waals surface area contributed by atoms with Gasteiger partial charge in [0.25, 0.3) is 11.7 Å². The number of amides is 1. The average molecular weight is 394 g/mol. The van der Waals surface area contributed by atoms with Gasteiger partial charge in [-0.05, 0) is 28.7 Å². The molecule has 152 valence electrons. The third kappa shape index (κ3) is 4.07. The Hall–Kier alpha value is -2.99. The highest BCUT2D eigenvalue weighted by atomic mass is 16.5. The molecule has 1 unspecified atom stereocenters. The molecule has 6 heteroatoms. The van der Waals surface area contributed by atoms with Gasteiger partial charge in [-0.1, -0.05) is 45.0 Å². The lowest BCUT2D eigenvalue weighted by Crippen LogP contribution is -2.32. The van der Waals surface area contributed by atoms with E-state index in [1.54, 1.807) is 19.2 Å². The van der Waals surface area contributed by atoms with E-state index >= 15 is 0 Å². The van der Waals surface area contributed by atoms with E-state index in [2.05, 4.69) is 25.8 Å². The number of ketones is 1. The largest absolute Gasteiger partial charge is 0.507 e. The molecule has 3 rings (SSSR count). The molecule has 1 atom stereocenters. The van der Waals surface area contributed by atoms with E-state index in [9.17, 15) is 14.7 Å². The van der Waals surface area contributed by atoms with E-state index in [1.165, 1.54) is 17.3 Å². The summed E-state index contributed by atoms with van der Waals surface area (Å²) in [6.45, 7) is 6.90. The molecule has 0 bridgehead atoms. The Morgan fingerprint density at radius 3 is 2.28 bits per heavy atom. The molecule has 1 N–H and O–H groups in total. The van der Waals surface area contributed by atoms with Crippen molar-refractivity contribution in [1.29, 1.82) is 0 Å². The Balaban J connectivity index is 2.13. The molecule has 1 aliphatic heterocycles. The molecule has 2 heterocycles. The first-order valence-corrected chi connectivity index (χ1v) is 9.54. The number of methoxy groups -OCH3 is 1. The van der Waals surface area contributed by atoms with E-state index in [4.69, 9.17) is 4.74 Å². The van der Waals surface area contributed by atoms with Gasteiger partial charge in [0.15, 0.2) is 0 Å². The monoisotopic (exact) mass is 394 g/mol. The standard InChI is InChI=1S/C23H26N2O4/c1-23(2,3)17-7-5-15(6-8-17)19-18(20(26)16-9-11-24-12-10-16)21(27)22(28)25(19)13-14-29-4/h5-12,19,26H,13-14H2,1-4H3/b20-18-. The Kier molecular flexibility index (Phi) is 5.84. The van der Waals surface area contributed by atoms with Crippen LogP contribution in [0.4, 0.5) is 0 Å². The molecule has 1 amide bonds. The fourth-order valence-electron chi connectivity index (χ4n) is 3.48. The molecule has 1 aliphatic rings. The number of likely N-dealkylation sites (tertiary alicyclic amines) is 1. The van der Waals surface area contributed by atoms with Gasteiger partial charge in [-0.15, -0.1) is 0 Å². The third-order valence-corrected chi connectivity index (χ3v) is 5.12. The number of aliphatic hydroxyl groups is 1. The minimum Gasteiger partial charge on any atom is -0.507 e. The number of aromatic nitrogens is 1. The summed E-state index contributed by atoms with van der Waals surface area (Å²) < 4.78 is 5.12. The second-order valence-electron chi connectivity index (χ2n) is 8.09. The van der Waals surface area contributed by atoms with Gasteiger partial charge < -0.3 is 14.7 Å². The topological polar surface area (TPSA) is 79.7 Å². The van der Waals surface area contributed by atoms with Crippen LogP contribution in [-0.4, -0.2) is 46.9 Å². The quantitative estimate of drug-likeness (QED) is 0.477. The third-order valence-electron chi connectivity index (χ3n) is 5.12. The Morgan fingerprint density at radius 2 is 1.72 bits per heavy atom. The molecule has 1 aromatic carbocycles. The van der Waals surface area contributed by atoms with Crippen molar-refractivity contribution in [3.05, 3.63) is 71.1 Å². The number of ether oxygens (including phenoxy) is 1. The van der Waals surface area contributed by atoms with Crippen LogP contribution in [0.3, 0.4) is 0 Å². The Bertz CT molecular complexity index is 928. The number of hydrogen-bond acceptors (Lipinski definition) is 5. The summed E-state index contributed by atoms with van der Waals surface area (Å²) in [5, 5.41) is 10.9. The van der Waals surface area contributed by atoms with Gasteiger partial charge in [0.2, 0.25) is 0 Å². The number of nitrogens with zero attached hydrogens (tertiary/aromatic N) is 2. The van der Waals surface area contributed by atoms with Crippen molar-refractivity contribution in [2.75, 3.05) is 20.3 Å². The molecule has 0 saturated carbocycles. The number of Topliss-reactive ketones (excluding diaryl/α,β-unsaturated/α-hetero) is 1. The maximum atomic E-state index is 12.8. The number of carbonyl (C=O) groups is 2. The minimum atomic E-state index is -0.694. The van der Waals surface area contributed by atoms with Gasteiger partial charge in [0.1, 0.15) is 5.76 Å². The molecule has 0 spiro atoms. The zero-order valence-corrected chi connectivity index (χ0v) is 17.2. The van der Waals surface area contributed by atoms with Gasteiger partial charge >= 0.3 is 0 Å².